The Morgan fingerprint density at radius 2 is 2.06 bits per heavy atom. The maximum Gasteiger partial charge on any atom is 0.0699 e. The van der Waals surface area contributed by atoms with E-state index in [9.17, 15) is 5.11 Å². The van der Waals surface area contributed by atoms with Gasteiger partial charge in [0.1, 0.15) is 0 Å². The Hall–Kier alpha value is -0.610. The summed E-state index contributed by atoms with van der Waals surface area (Å²) >= 11 is 6.04. The van der Waals surface area contributed by atoms with Crippen LogP contribution in [0.1, 0.15) is 11.1 Å². The standard InChI is InChI=1S/C12H16ClNO2/c13-12-3-1-2-10(11(12)9-15)8-14-4-6-16-7-5-14/h1-3,15H,4-9H2. The summed E-state index contributed by atoms with van der Waals surface area (Å²) in [5.74, 6) is 0. The highest BCUT2D eigenvalue weighted by Gasteiger charge is 2.13. The summed E-state index contributed by atoms with van der Waals surface area (Å²) in [6.45, 7) is 4.29. The van der Waals surface area contributed by atoms with Gasteiger partial charge in [0.25, 0.3) is 0 Å². The first-order chi connectivity index (χ1) is 7.81. The fraction of sp³-hybridized carbons (Fsp3) is 0.500. The molecule has 1 heterocycles. The average molecular weight is 242 g/mol. The molecule has 0 amide bonds. The van der Waals surface area contributed by atoms with Crippen molar-refractivity contribution in [1.29, 1.82) is 0 Å². The van der Waals surface area contributed by atoms with E-state index in [2.05, 4.69) is 4.90 Å². The first kappa shape index (κ1) is 11.9. The van der Waals surface area contributed by atoms with Gasteiger partial charge >= 0.3 is 0 Å². The molecule has 1 saturated heterocycles. The summed E-state index contributed by atoms with van der Waals surface area (Å²) in [5.41, 5.74) is 1.95. The van der Waals surface area contributed by atoms with Crippen LogP contribution in [0.5, 0.6) is 0 Å². The number of nitrogens with zero attached hydrogens (tertiary/aromatic N) is 1. The Balaban J connectivity index is 2.10. The maximum absolute atomic E-state index is 9.30. The molecule has 1 aliphatic heterocycles. The number of benzene rings is 1. The molecule has 0 spiro atoms. The minimum Gasteiger partial charge on any atom is -0.392 e. The van der Waals surface area contributed by atoms with Crippen LogP contribution in [0.2, 0.25) is 5.02 Å². The Labute approximate surface area is 101 Å². The van der Waals surface area contributed by atoms with Gasteiger partial charge in [0.2, 0.25) is 0 Å². The number of hydrogen-bond donors (Lipinski definition) is 1. The summed E-state index contributed by atoms with van der Waals surface area (Å²) in [6, 6.07) is 5.76. The van der Waals surface area contributed by atoms with E-state index in [0.717, 1.165) is 44.0 Å². The monoisotopic (exact) mass is 241 g/mol. The topological polar surface area (TPSA) is 32.7 Å². The molecule has 0 aliphatic carbocycles. The molecule has 88 valence electrons. The molecule has 0 unspecified atom stereocenters. The van der Waals surface area contributed by atoms with E-state index < -0.39 is 0 Å². The predicted molar refractivity (Wildman–Crippen MR) is 63.5 cm³/mol. The largest absolute Gasteiger partial charge is 0.392 e. The molecule has 0 bridgehead atoms. The van der Waals surface area contributed by atoms with Crippen molar-refractivity contribution in [1.82, 2.24) is 4.90 Å². The van der Waals surface area contributed by atoms with Gasteiger partial charge in [0.05, 0.1) is 19.8 Å². The highest BCUT2D eigenvalue weighted by atomic mass is 35.5. The third-order valence-corrected chi connectivity index (χ3v) is 3.23. The fourth-order valence-electron chi connectivity index (χ4n) is 1.93. The van der Waals surface area contributed by atoms with Crippen LogP contribution >= 0.6 is 11.6 Å². The normalized spacial score (nSPS) is 17.6. The van der Waals surface area contributed by atoms with Gasteiger partial charge in [0, 0.05) is 30.2 Å². The summed E-state index contributed by atoms with van der Waals surface area (Å²) < 4.78 is 5.30. The molecule has 1 aliphatic rings. The highest BCUT2D eigenvalue weighted by Crippen LogP contribution is 2.21. The number of hydrogen-bond acceptors (Lipinski definition) is 3. The second-order valence-electron chi connectivity index (χ2n) is 3.92. The second-order valence-corrected chi connectivity index (χ2v) is 4.33. The molecule has 4 heteroatoms. The molecule has 2 rings (SSSR count). The number of rotatable bonds is 3. The van der Waals surface area contributed by atoms with Crippen molar-refractivity contribution in [3.05, 3.63) is 34.3 Å². The van der Waals surface area contributed by atoms with Crippen LogP contribution in [0.4, 0.5) is 0 Å². The quantitative estimate of drug-likeness (QED) is 0.874. The molecule has 1 aromatic carbocycles. The number of halogens is 1. The zero-order chi connectivity index (χ0) is 11.4. The van der Waals surface area contributed by atoms with Crippen molar-refractivity contribution in [2.24, 2.45) is 0 Å². The summed E-state index contributed by atoms with van der Waals surface area (Å²) in [6.07, 6.45) is 0. The third kappa shape index (κ3) is 2.74. The van der Waals surface area contributed by atoms with Gasteiger partial charge in [-0.25, -0.2) is 0 Å². The molecule has 16 heavy (non-hydrogen) atoms. The van der Waals surface area contributed by atoms with Crippen LogP contribution in [-0.4, -0.2) is 36.3 Å². The van der Waals surface area contributed by atoms with Crippen molar-refractivity contribution in [3.8, 4) is 0 Å². The molecule has 0 saturated carbocycles. The highest BCUT2D eigenvalue weighted by molar-refractivity contribution is 6.31. The van der Waals surface area contributed by atoms with Crippen LogP contribution in [0.15, 0.2) is 18.2 Å². The predicted octanol–water partition coefficient (Wildman–Crippen LogP) is 1.66. The minimum atomic E-state index is -0.000648. The van der Waals surface area contributed by atoms with Gasteiger partial charge in [-0.15, -0.1) is 0 Å². The number of ether oxygens (including phenoxy) is 1. The maximum atomic E-state index is 9.30. The molecule has 3 nitrogen and oxygen atoms in total. The smallest absolute Gasteiger partial charge is 0.0699 e. The van der Waals surface area contributed by atoms with E-state index in [0.29, 0.717) is 5.02 Å². The van der Waals surface area contributed by atoms with E-state index in [1.54, 1.807) is 0 Å². The SMILES string of the molecule is OCc1c(Cl)cccc1CN1CCOCC1. The molecular weight excluding hydrogens is 226 g/mol. The lowest BCUT2D eigenvalue weighted by atomic mass is 10.1. The van der Waals surface area contributed by atoms with Gasteiger partial charge in [0.15, 0.2) is 0 Å². The zero-order valence-electron chi connectivity index (χ0n) is 9.16. The summed E-state index contributed by atoms with van der Waals surface area (Å²) in [4.78, 5) is 2.31. The lowest BCUT2D eigenvalue weighted by molar-refractivity contribution is 0.0339. The van der Waals surface area contributed by atoms with E-state index in [-0.39, 0.29) is 6.61 Å². The molecule has 1 N–H and O–H groups in total. The van der Waals surface area contributed by atoms with Crippen LogP contribution in [-0.2, 0) is 17.9 Å². The lowest BCUT2D eigenvalue weighted by Crippen LogP contribution is -2.35. The van der Waals surface area contributed by atoms with Gasteiger partial charge < -0.3 is 9.84 Å². The Morgan fingerprint density at radius 1 is 1.31 bits per heavy atom. The van der Waals surface area contributed by atoms with Crippen molar-refractivity contribution in [2.45, 2.75) is 13.2 Å². The van der Waals surface area contributed by atoms with E-state index in [4.69, 9.17) is 16.3 Å². The van der Waals surface area contributed by atoms with Crippen molar-refractivity contribution >= 4 is 11.6 Å². The van der Waals surface area contributed by atoms with Crippen LogP contribution in [0, 0.1) is 0 Å². The van der Waals surface area contributed by atoms with E-state index in [1.807, 2.05) is 18.2 Å². The van der Waals surface area contributed by atoms with Crippen LogP contribution in [0.3, 0.4) is 0 Å². The van der Waals surface area contributed by atoms with Gasteiger partial charge in [-0.3, -0.25) is 4.90 Å². The third-order valence-electron chi connectivity index (χ3n) is 2.87. The molecule has 0 aromatic heterocycles. The van der Waals surface area contributed by atoms with Crippen molar-refractivity contribution in [3.63, 3.8) is 0 Å². The molecule has 1 aromatic rings. The van der Waals surface area contributed by atoms with Gasteiger partial charge in [-0.1, -0.05) is 23.7 Å². The number of morpholine rings is 1. The molecule has 1 fully saturated rings. The minimum absolute atomic E-state index is 0.000648. The molecule has 0 atom stereocenters. The number of aliphatic hydroxyl groups excluding tert-OH is 1. The molecule has 0 radical (unpaired) electrons. The first-order valence-corrected chi connectivity index (χ1v) is 5.86. The van der Waals surface area contributed by atoms with Crippen LogP contribution in [0.25, 0.3) is 0 Å². The van der Waals surface area contributed by atoms with Crippen molar-refractivity contribution < 1.29 is 9.84 Å². The van der Waals surface area contributed by atoms with Gasteiger partial charge in [-0.05, 0) is 11.6 Å². The molecular formula is C12H16ClNO2. The zero-order valence-corrected chi connectivity index (χ0v) is 9.91. The van der Waals surface area contributed by atoms with Gasteiger partial charge in [-0.2, -0.15) is 0 Å². The van der Waals surface area contributed by atoms with Crippen LogP contribution < -0.4 is 0 Å². The second kappa shape index (κ2) is 5.64. The summed E-state index contributed by atoms with van der Waals surface area (Å²) in [7, 11) is 0. The Morgan fingerprint density at radius 3 is 2.75 bits per heavy atom. The fourth-order valence-corrected chi connectivity index (χ4v) is 2.18. The number of aliphatic hydroxyl groups is 1. The Bertz CT molecular complexity index is 351. The van der Waals surface area contributed by atoms with Crippen molar-refractivity contribution in [2.75, 3.05) is 26.3 Å². The Kier molecular flexibility index (Phi) is 4.18. The van der Waals surface area contributed by atoms with E-state index in [1.165, 1.54) is 0 Å². The first-order valence-electron chi connectivity index (χ1n) is 5.48. The summed E-state index contributed by atoms with van der Waals surface area (Å²) in [5, 5.41) is 9.95. The lowest BCUT2D eigenvalue weighted by Gasteiger charge is -2.27. The average Bonchev–Trinajstić information content (AvgIpc) is 2.31. The van der Waals surface area contributed by atoms with E-state index >= 15 is 0 Å².